The number of anilines is 1. The van der Waals surface area contributed by atoms with Crippen LogP contribution in [-0.4, -0.2) is 36.1 Å². The summed E-state index contributed by atoms with van der Waals surface area (Å²) in [6.07, 6.45) is 1.12. The van der Waals surface area contributed by atoms with Crippen molar-refractivity contribution in [2.24, 2.45) is 5.73 Å². The Kier molecular flexibility index (Phi) is 6.68. The lowest BCUT2D eigenvalue weighted by Crippen LogP contribution is -2.25. The molecule has 0 heterocycles. The van der Waals surface area contributed by atoms with Crippen LogP contribution < -0.4 is 11.1 Å². The number of hydrogen-bond donors (Lipinski definition) is 2. The van der Waals surface area contributed by atoms with Crippen molar-refractivity contribution >= 4 is 22.9 Å². The lowest BCUT2D eigenvalue weighted by molar-refractivity contribution is 0.303. The van der Waals surface area contributed by atoms with Gasteiger partial charge in [0.15, 0.2) is 0 Å². The third kappa shape index (κ3) is 4.63. The highest BCUT2D eigenvalue weighted by Crippen LogP contribution is 2.14. The second-order valence-electron chi connectivity index (χ2n) is 4.22. The monoisotopic (exact) mass is 265 g/mol. The third-order valence-corrected chi connectivity index (χ3v) is 3.27. The molecule has 0 bridgehead atoms. The van der Waals surface area contributed by atoms with E-state index < -0.39 is 0 Å². The predicted molar refractivity (Wildman–Crippen MR) is 83.2 cm³/mol. The summed E-state index contributed by atoms with van der Waals surface area (Å²) in [6, 6.07) is 7.92. The van der Waals surface area contributed by atoms with Crippen LogP contribution in [0.2, 0.25) is 0 Å². The van der Waals surface area contributed by atoms with Gasteiger partial charge >= 0.3 is 0 Å². The summed E-state index contributed by atoms with van der Waals surface area (Å²) in [5, 5.41) is 3.40. The van der Waals surface area contributed by atoms with Crippen LogP contribution in [0.4, 0.5) is 5.69 Å². The molecule has 4 heteroatoms. The van der Waals surface area contributed by atoms with E-state index in [1.807, 2.05) is 24.3 Å². The minimum Gasteiger partial charge on any atom is -0.389 e. The van der Waals surface area contributed by atoms with Crippen LogP contribution in [0.5, 0.6) is 0 Å². The first-order valence-corrected chi connectivity index (χ1v) is 6.94. The van der Waals surface area contributed by atoms with Crippen LogP contribution in [0, 0.1) is 0 Å². The van der Waals surface area contributed by atoms with Crippen molar-refractivity contribution in [1.29, 1.82) is 0 Å². The molecule has 0 aliphatic carbocycles. The number of nitrogens with one attached hydrogen (secondary N) is 1. The summed E-state index contributed by atoms with van der Waals surface area (Å²) in [6.45, 7) is 8.67. The summed E-state index contributed by atoms with van der Waals surface area (Å²) in [5.74, 6) is 0. The second-order valence-corrected chi connectivity index (χ2v) is 4.66. The van der Waals surface area contributed by atoms with Gasteiger partial charge in [-0.25, -0.2) is 0 Å². The Morgan fingerprint density at radius 3 is 2.56 bits per heavy atom. The number of hydrogen-bond acceptors (Lipinski definition) is 3. The Labute approximate surface area is 115 Å². The fourth-order valence-corrected chi connectivity index (χ4v) is 2.10. The van der Waals surface area contributed by atoms with Gasteiger partial charge in [0, 0.05) is 17.8 Å². The molecule has 0 amide bonds. The van der Waals surface area contributed by atoms with Crippen LogP contribution in [0.3, 0.4) is 0 Å². The maximum atomic E-state index is 5.69. The molecule has 0 saturated heterocycles. The van der Waals surface area contributed by atoms with Gasteiger partial charge in [-0.2, -0.15) is 0 Å². The smallest absolute Gasteiger partial charge is 0.106 e. The molecule has 1 aromatic carbocycles. The van der Waals surface area contributed by atoms with Gasteiger partial charge in [0.1, 0.15) is 4.99 Å². The van der Waals surface area contributed by atoms with Gasteiger partial charge in [0.05, 0.1) is 0 Å². The molecule has 1 rings (SSSR count). The van der Waals surface area contributed by atoms with Crippen molar-refractivity contribution < 1.29 is 0 Å². The summed E-state index contributed by atoms with van der Waals surface area (Å²) in [4.78, 5) is 2.86. The molecule has 0 radical (unpaired) electrons. The van der Waals surface area contributed by atoms with Crippen molar-refractivity contribution in [3.63, 3.8) is 0 Å². The molecule has 0 aliphatic heterocycles. The lowest BCUT2D eigenvalue weighted by atomic mass is 10.1. The van der Waals surface area contributed by atoms with Crippen molar-refractivity contribution in [2.45, 2.75) is 20.3 Å². The SMILES string of the molecule is CCN(CC)CCCNc1ccccc1C(N)=S. The van der Waals surface area contributed by atoms with Crippen LogP contribution in [0.25, 0.3) is 0 Å². The first-order chi connectivity index (χ1) is 8.69. The highest BCUT2D eigenvalue weighted by Gasteiger charge is 2.03. The van der Waals surface area contributed by atoms with Crippen molar-refractivity contribution in [3.8, 4) is 0 Å². The highest BCUT2D eigenvalue weighted by atomic mass is 32.1. The van der Waals surface area contributed by atoms with E-state index in [4.69, 9.17) is 18.0 Å². The minimum absolute atomic E-state index is 0.446. The number of thiocarbonyl (C=S) groups is 1. The molecule has 0 spiro atoms. The lowest BCUT2D eigenvalue weighted by Gasteiger charge is -2.18. The Morgan fingerprint density at radius 2 is 1.94 bits per heavy atom. The van der Waals surface area contributed by atoms with E-state index in [9.17, 15) is 0 Å². The first kappa shape index (κ1) is 14.9. The number of benzene rings is 1. The van der Waals surface area contributed by atoms with Gasteiger partial charge in [-0.15, -0.1) is 0 Å². The van der Waals surface area contributed by atoms with Crippen molar-refractivity contribution in [1.82, 2.24) is 4.90 Å². The fourth-order valence-electron chi connectivity index (χ4n) is 1.92. The number of rotatable bonds is 8. The maximum absolute atomic E-state index is 5.69. The molecule has 1 aromatic rings. The van der Waals surface area contributed by atoms with Crippen LogP contribution in [0.15, 0.2) is 24.3 Å². The predicted octanol–water partition coefficient (Wildman–Crippen LogP) is 2.46. The van der Waals surface area contributed by atoms with E-state index in [1.165, 1.54) is 0 Å². The molecule has 3 N–H and O–H groups in total. The molecule has 0 aromatic heterocycles. The van der Waals surface area contributed by atoms with Gasteiger partial charge < -0.3 is 16.0 Å². The summed E-state index contributed by atoms with van der Waals surface area (Å²) >= 11 is 5.04. The molecular formula is C14H23N3S. The zero-order valence-corrected chi connectivity index (χ0v) is 12.1. The zero-order chi connectivity index (χ0) is 13.4. The van der Waals surface area contributed by atoms with Crippen LogP contribution in [0.1, 0.15) is 25.8 Å². The zero-order valence-electron chi connectivity index (χ0n) is 11.3. The quantitative estimate of drug-likeness (QED) is 0.560. The third-order valence-electron chi connectivity index (χ3n) is 3.05. The number of nitrogens with zero attached hydrogens (tertiary/aromatic N) is 1. The molecule has 0 saturated carbocycles. The fraction of sp³-hybridized carbons (Fsp3) is 0.500. The van der Waals surface area contributed by atoms with Gasteiger partial charge in [-0.1, -0.05) is 38.2 Å². The molecule has 3 nitrogen and oxygen atoms in total. The number of nitrogens with two attached hydrogens (primary N) is 1. The molecule has 18 heavy (non-hydrogen) atoms. The molecule has 0 atom stereocenters. The van der Waals surface area contributed by atoms with Gasteiger partial charge in [-0.3, -0.25) is 0 Å². The summed E-state index contributed by atoms with van der Waals surface area (Å²) in [7, 11) is 0. The Bertz CT molecular complexity index is 375. The Balaban J connectivity index is 2.42. The highest BCUT2D eigenvalue weighted by molar-refractivity contribution is 7.80. The minimum atomic E-state index is 0.446. The standard InChI is InChI=1S/C14H23N3S/c1-3-17(4-2)11-7-10-16-13-9-6-5-8-12(13)14(15)18/h5-6,8-9,16H,3-4,7,10-11H2,1-2H3,(H2,15,18). The average molecular weight is 265 g/mol. The topological polar surface area (TPSA) is 41.3 Å². The molecule has 0 fully saturated rings. The van der Waals surface area contributed by atoms with Gasteiger partial charge in [-0.05, 0) is 38.2 Å². The first-order valence-electron chi connectivity index (χ1n) is 6.54. The van der Waals surface area contributed by atoms with E-state index in [-0.39, 0.29) is 0 Å². The molecule has 100 valence electrons. The van der Waals surface area contributed by atoms with Gasteiger partial charge in [0.2, 0.25) is 0 Å². The van der Waals surface area contributed by atoms with Crippen molar-refractivity contribution in [3.05, 3.63) is 29.8 Å². The maximum Gasteiger partial charge on any atom is 0.106 e. The van der Waals surface area contributed by atoms with Gasteiger partial charge in [0.25, 0.3) is 0 Å². The average Bonchev–Trinajstić information content (AvgIpc) is 2.39. The van der Waals surface area contributed by atoms with E-state index in [2.05, 4.69) is 24.1 Å². The van der Waals surface area contributed by atoms with Crippen molar-refractivity contribution in [2.75, 3.05) is 31.5 Å². The van der Waals surface area contributed by atoms with E-state index in [1.54, 1.807) is 0 Å². The van der Waals surface area contributed by atoms with E-state index >= 15 is 0 Å². The van der Waals surface area contributed by atoms with Crippen LogP contribution >= 0.6 is 12.2 Å². The molecule has 0 aliphatic rings. The Hall–Kier alpha value is -1.13. The molecule has 0 unspecified atom stereocenters. The van der Waals surface area contributed by atoms with E-state index in [0.29, 0.717) is 4.99 Å². The normalized spacial score (nSPS) is 10.6. The Morgan fingerprint density at radius 1 is 1.28 bits per heavy atom. The van der Waals surface area contributed by atoms with Crippen LogP contribution in [-0.2, 0) is 0 Å². The molecular weight excluding hydrogens is 242 g/mol. The van der Waals surface area contributed by atoms with E-state index in [0.717, 1.165) is 43.9 Å². The number of para-hydroxylation sites is 1. The summed E-state index contributed by atoms with van der Waals surface area (Å²) < 4.78 is 0. The second kappa shape index (κ2) is 8.06. The largest absolute Gasteiger partial charge is 0.389 e. The summed E-state index contributed by atoms with van der Waals surface area (Å²) in [5.41, 5.74) is 7.65.